The molecule has 24 heavy (non-hydrogen) atoms. The van der Waals surface area contributed by atoms with Crippen molar-refractivity contribution < 1.29 is 19.4 Å². The maximum Gasteiger partial charge on any atom is 0.303 e. The van der Waals surface area contributed by atoms with Crippen LogP contribution in [0.5, 0.6) is 5.75 Å². The predicted octanol–water partition coefficient (Wildman–Crippen LogP) is 3.34. The molecule has 0 bridgehead atoms. The van der Waals surface area contributed by atoms with E-state index in [1.54, 1.807) is 18.2 Å². The van der Waals surface area contributed by atoms with Gasteiger partial charge in [0.1, 0.15) is 5.75 Å². The fourth-order valence-electron chi connectivity index (χ4n) is 2.21. The number of rotatable bonds is 7. The minimum absolute atomic E-state index is 0.0628. The Balaban J connectivity index is 1.88. The van der Waals surface area contributed by atoms with Gasteiger partial charge in [-0.3, -0.25) is 9.59 Å². The van der Waals surface area contributed by atoms with E-state index in [2.05, 4.69) is 5.32 Å². The molecule has 0 radical (unpaired) electrons. The van der Waals surface area contributed by atoms with E-state index < -0.39 is 5.97 Å². The third-order valence-electron chi connectivity index (χ3n) is 3.69. The Kier molecular flexibility index (Phi) is 5.95. The van der Waals surface area contributed by atoms with Crippen LogP contribution in [0.2, 0.25) is 0 Å². The van der Waals surface area contributed by atoms with Crippen molar-refractivity contribution in [2.75, 3.05) is 11.9 Å². The fourth-order valence-corrected chi connectivity index (χ4v) is 2.21. The second kappa shape index (κ2) is 8.15. The largest absolute Gasteiger partial charge is 0.484 e. The third-order valence-corrected chi connectivity index (χ3v) is 3.69. The number of carboxylic acid groups (broad SMARTS) is 1. The van der Waals surface area contributed by atoms with E-state index in [1.807, 2.05) is 38.1 Å². The number of hydrogen-bond acceptors (Lipinski definition) is 3. The molecule has 0 saturated heterocycles. The monoisotopic (exact) mass is 327 g/mol. The zero-order valence-corrected chi connectivity index (χ0v) is 13.8. The standard InChI is InChI=1S/C19H21NO4/c1-13-6-8-17(10-14(13)2)24-12-18(21)20-16-5-3-4-15(11-16)7-9-19(22)23/h3-6,8,10-11H,7,9,12H2,1-2H3,(H,20,21)(H,22,23). The maximum absolute atomic E-state index is 12.0. The van der Waals surface area contributed by atoms with Crippen molar-refractivity contribution in [1.82, 2.24) is 0 Å². The van der Waals surface area contributed by atoms with Crippen molar-refractivity contribution in [3.8, 4) is 5.75 Å². The van der Waals surface area contributed by atoms with Crippen LogP contribution in [0.3, 0.4) is 0 Å². The van der Waals surface area contributed by atoms with Gasteiger partial charge >= 0.3 is 5.97 Å². The summed E-state index contributed by atoms with van der Waals surface area (Å²) in [5.74, 6) is -0.446. The number of amides is 1. The highest BCUT2D eigenvalue weighted by Gasteiger charge is 2.06. The average Bonchev–Trinajstić information content (AvgIpc) is 2.54. The minimum atomic E-state index is -0.841. The molecule has 0 heterocycles. The molecule has 0 aliphatic rings. The zero-order valence-electron chi connectivity index (χ0n) is 13.8. The number of nitrogens with one attached hydrogen (secondary N) is 1. The minimum Gasteiger partial charge on any atom is -0.484 e. The number of ether oxygens (including phenoxy) is 1. The summed E-state index contributed by atoms with van der Waals surface area (Å²) in [6, 6.07) is 12.8. The van der Waals surface area contributed by atoms with E-state index in [9.17, 15) is 9.59 Å². The highest BCUT2D eigenvalue weighted by molar-refractivity contribution is 5.91. The van der Waals surface area contributed by atoms with Gasteiger partial charge in [0.25, 0.3) is 5.91 Å². The van der Waals surface area contributed by atoms with Gasteiger partial charge in [-0.1, -0.05) is 18.2 Å². The zero-order chi connectivity index (χ0) is 17.5. The van der Waals surface area contributed by atoms with Crippen molar-refractivity contribution in [1.29, 1.82) is 0 Å². The van der Waals surface area contributed by atoms with Crippen molar-refractivity contribution >= 4 is 17.6 Å². The lowest BCUT2D eigenvalue weighted by Crippen LogP contribution is -2.20. The molecular weight excluding hydrogens is 306 g/mol. The molecule has 0 aliphatic heterocycles. The number of hydrogen-bond donors (Lipinski definition) is 2. The maximum atomic E-state index is 12.0. The van der Waals surface area contributed by atoms with Crippen molar-refractivity contribution in [3.05, 3.63) is 59.2 Å². The second-order valence-corrected chi connectivity index (χ2v) is 5.68. The van der Waals surface area contributed by atoms with Gasteiger partial charge in [-0.2, -0.15) is 0 Å². The van der Waals surface area contributed by atoms with E-state index in [4.69, 9.17) is 9.84 Å². The molecule has 126 valence electrons. The predicted molar refractivity (Wildman–Crippen MR) is 92.4 cm³/mol. The number of anilines is 1. The third kappa shape index (κ3) is 5.43. The molecule has 0 atom stereocenters. The Morgan fingerprint density at radius 1 is 1.08 bits per heavy atom. The van der Waals surface area contributed by atoms with Gasteiger partial charge in [0.15, 0.2) is 6.61 Å². The highest BCUT2D eigenvalue weighted by atomic mass is 16.5. The Hall–Kier alpha value is -2.82. The number of carbonyl (C=O) groups is 2. The number of carbonyl (C=O) groups excluding carboxylic acids is 1. The van der Waals surface area contributed by atoms with E-state index >= 15 is 0 Å². The van der Waals surface area contributed by atoms with Crippen molar-refractivity contribution in [2.24, 2.45) is 0 Å². The Labute approximate surface area is 141 Å². The van der Waals surface area contributed by atoms with E-state index in [0.29, 0.717) is 17.9 Å². The van der Waals surface area contributed by atoms with Gasteiger partial charge in [-0.25, -0.2) is 0 Å². The summed E-state index contributed by atoms with van der Waals surface area (Å²) in [6.07, 6.45) is 0.492. The smallest absolute Gasteiger partial charge is 0.303 e. The van der Waals surface area contributed by atoms with Crippen LogP contribution in [-0.2, 0) is 16.0 Å². The summed E-state index contributed by atoms with van der Waals surface area (Å²) in [7, 11) is 0. The quantitative estimate of drug-likeness (QED) is 0.818. The molecule has 0 unspecified atom stereocenters. The van der Waals surface area contributed by atoms with Gasteiger partial charge in [0, 0.05) is 12.1 Å². The molecule has 0 aromatic heterocycles. The van der Waals surface area contributed by atoms with Crippen LogP contribution >= 0.6 is 0 Å². The van der Waals surface area contributed by atoms with E-state index in [-0.39, 0.29) is 18.9 Å². The summed E-state index contributed by atoms with van der Waals surface area (Å²) in [5.41, 5.74) is 3.78. The van der Waals surface area contributed by atoms with Crippen LogP contribution in [-0.4, -0.2) is 23.6 Å². The first-order valence-corrected chi connectivity index (χ1v) is 7.74. The van der Waals surface area contributed by atoms with Crippen LogP contribution in [0.25, 0.3) is 0 Å². The first kappa shape index (κ1) is 17.5. The van der Waals surface area contributed by atoms with E-state index in [1.165, 1.54) is 5.56 Å². The Bertz CT molecular complexity index is 740. The van der Waals surface area contributed by atoms with E-state index in [0.717, 1.165) is 11.1 Å². The van der Waals surface area contributed by atoms with Gasteiger partial charge in [0.05, 0.1) is 0 Å². The number of aliphatic carboxylic acids is 1. The average molecular weight is 327 g/mol. The Morgan fingerprint density at radius 3 is 2.58 bits per heavy atom. The van der Waals surface area contributed by atoms with Crippen LogP contribution in [0, 0.1) is 13.8 Å². The molecule has 0 saturated carbocycles. The van der Waals surface area contributed by atoms with Gasteiger partial charge < -0.3 is 15.2 Å². The molecule has 0 fully saturated rings. The first-order chi connectivity index (χ1) is 11.4. The fraction of sp³-hybridized carbons (Fsp3) is 0.263. The van der Waals surface area contributed by atoms with Crippen LogP contribution in [0.15, 0.2) is 42.5 Å². The molecular formula is C19H21NO4. The lowest BCUT2D eigenvalue weighted by atomic mass is 10.1. The summed E-state index contributed by atoms with van der Waals surface area (Å²) in [5, 5.41) is 11.5. The number of aryl methyl sites for hydroxylation is 3. The normalized spacial score (nSPS) is 10.2. The molecule has 5 heteroatoms. The Morgan fingerprint density at radius 2 is 1.88 bits per heavy atom. The number of benzene rings is 2. The van der Waals surface area contributed by atoms with Crippen molar-refractivity contribution in [3.63, 3.8) is 0 Å². The summed E-state index contributed by atoms with van der Waals surface area (Å²) in [4.78, 5) is 22.6. The molecule has 1 amide bonds. The summed E-state index contributed by atoms with van der Waals surface area (Å²) < 4.78 is 5.50. The second-order valence-electron chi connectivity index (χ2n) is 5.68. The van der Waals surface area contributed by atoms with Crippen LogP contribution in [0.4, 0.5) is 5.69 Å². The molecule has 2 aromatic carbocycles. The molecule has 0 spiro atoms. The lowest BCUT2D eigenvalue weighted by molar-refractivity contribution is -0.137. The molecule has 5 nitrogen and oxygen atoms in total. The molecule has 2 aromatic rings. The van der Waals surface area contributed by atoms with Crippen LogP contribution in [0.1, 0.15) is 23.1 Å². The topological polar surface area (TPSA) is 75.6 Å². The van der Waals surface area contributed by atoms with Gasteiger partial charge in [-0.15, -0.1) is 0 Å². The lowest BCUT2D eigenvalue weighted by Gasteiger charge is -2.10. The molecule has 0 aliphatic carbocycles. The highest BCUT2D eigenvalue weighted by Crippen LogP contribution is 2.17. The number of carboxylic acids is 1. The summed E-state index contributed by atoms with van der Waals surface area (Å²) in [6.45, 7) is 3.93. The van der Waals surface area contributed by atoms with Gasteiger partial charge in [-0.05, 0) is 61.2 Å². The molecule has 2 N–H and O–H groups in total. The SMILES string of the molecule is Cc1ccc(OCC(=O)Nc2cccc(CCC(=O)O)c2)cc1C. The van der Waals surface area contributed by atoms with Gasteiger partial charge in [0.2, 0.25) is 0 Å². The van der Waals surface area contributed by atoms with Crippen LogP contribution < -0.4 is 10.1 Å². The van der Waals surface area contributed by atoms with Crippen molar-refractivity contribution in [2.45, 2.75) is 26.7 Å². The first-order valence-electron chi connectivity index (χ1n) is 7.74. The molecule has 2 rings (SSSR count). The summed E-state index contributed by atoms with van der Waals surface area (Å²) >= 11 is 0.